The molecule has 1 aliphatic heterocycles. The summed E-state index contributed by atoms with van der Waals surface area (Å²) in [6.45, 7) is 4.42. The molecule has 0 fully saturated rings. The van der Waals surface area contributed by atoms with Crippen LogP contribution in [0.2, 0.25) is 0 Å². The van der Waals surface area contributed by atoms with E-state index in [-0.39, 0.29) is 0 Å². The highest BCUT2D eigenvalue weighted by Crippen LogP contribution is 1.86. The molecule has 0 aromatic rings. The first-order chi connectivity index (χ1) is 5.70. The first-order valence-electron chi connectivity index (χ1n) is 3.99. The van der Waals surface area contributed by atoms with Crippen LogP contribution in [-0.4, -0.2) is 37.6 Å². The van der Waals surface area contributed by atoms with Crippen LogP contribution < -0.4 is 11.1 Å². The third-order valence-corrected chi connectivity index (χ3v) is 1.13. The molecule has 0 unspecified atom stereocenters. The molecule has 5 nitrogen and oxygen atoms in total. The molecule has 0 saturated carbocycles. The normalized spacial score (nSPS) is 14.7. The molecule has 12 heavy (non-hydrogen) atoms. The van der Waals surface area contributed by atoms with Crippen LogP contribution in [0.3, 0.4) is 0 Å². The van der Waals surface area contributed by atoms with Gasteiger partial charge in [-0.3, -0.25) is 5.32 Å². The van der Waals surface area contributed by atoms with E-state index in [1.54, 1.807) is 0 Å². The van der Waals surface area contributed by atoms with E-state index in [4.69, 9.17) is 5.73 Å². The maximum atomic E-state index is 5.39. The first kappa shape index (κ1) is 10.7. The Hall–Kier alpha value is -1.26. The van der Waals surface area contributed by atoms with E-state index in [2.05, 4.69) is 15.3 Å². The summed E-state index contributed by atoms with van der Waals surface area (Å²) < 4.78 is 0. The SMILES string of the molecule is CC.CN(C)C1=NCN=C(N)N1. The lowest BCUT2D eigenvalue weighted by molar-refractivity contribution is 0.596. The number of nitrogens with zero attached hydrogens (tertiary/aromatic N) is 3. The summed E-state index contributed by atoms with van der Waals surface area (Å²) in [5.41, 5.74) is 5.39. The van der Waals surface area contributed by atoms with E-state index in [0.717, 1.165) is 5.96 Å². The van der Waals surface area contributed by atoms with Crippen LogP contribution in [0.1, 0.15) is 13.8 Å². The van der Waals surface area contributed by atoms with Gasteiger partial charge in [0.2, 0.25) is 5.96 Å². The van der Waals surface area contributed by atoms with Crippen molar-refractivity contribution >= 4 is 11.9 Å². The summed E-state index contributed by atoms with van der Waals surface area (Å²) in [6, 6.07) is 0. The predicted molar refractivity (Wildman–Crippen MR) is 52.1 cm³/mol. The van der Waals surface area contributed by atoms with Gasteiger partial charge >= 0.3 is 0 Å². The molecule has 1 rings (SSSR count). The molecule has 1 aliphatic rings. The van der Waals surface area contributed by atoms with E-state index >= 15 is 0 Å². The molecule has 0 aromatic carbocycles. The zero-order valence-electron chi connectivity index (χ0n) is 8.13. The lowest BCUT2D eigenvalue weighted by atomic mass is 10.7. The topological polar surface area (TPSA) is 66.0 Å². The zero-order chi connectivity index (χ0) is 9.56. The van der Waals surface area contributed by atoms with Crippen molar-refractivity contribution < 1.29 is 0 Å². The van der Waals surface area contributed by atoms with Crippen LogP contribution in [0.25, 0.3) is 0 Å². The molecular weight excluding hydrogens is 154 g/mol. The van der Waals surface area contributed by atoms with Gasteiger partial charge in [-0.25, -0.2) is 9.98 Å². The molecular formula is C7H17N5. The summed E-state index contributed by atoms with van der Waals surface area (Å²) in [5, 5.41) is 2.82. The maximum absolute atomic E-state index is 5.39. The lowest BCUT2D eigenvalue weighted by Gasteiger charge is -2.18. The molecule has 0 spiro atoms. The van der Waals surface area contributed by atoms with Crippen LogP contribution in [0.4, 0.5) is 0 Å². The monoisotopic (exact) mass is 171 g/mol. The molecule has 0 bridgehead atoms. The van der Waals surface area contributed by atoms with Gasteiger partial charge in [0.15, 0.2) is 5.96 Å². The minimum absolute atomic E-state index is 0.423. The molecule has 5 heteroatoms. The molecule has 0 aliphatic carbocycles. The van der Waals surface area contributed by atoms with Gasteiger partial charge in [0.1, 0.15) is 6.67 Å². The Labute approximate surface area is 73.4 Å². The van der Waals surface area contributed by atoms with Crippen molar-refractivity contribution in [1.29, 1.82) is 0 Å². The standard InChI is InChI=1S/C5H11N5.C2H6/c1-10(2)5-8-3-7-4(6)9-5;1-2/h3H2,1-2H3,(H3,6,7,8,9);1-2H3. The third kappa shape index (κ3) is 3.23. The molecule has 0 amide bonds. The quantitative estimate of drug-likeness (QED) is 0.530. The Morgan fingerprint density at radius 3 is 2.25 bits per heavy atom. The van der Waals surface area contributed by atoms with Gasteiger partial charge in [0.25, 0.3) is 0 Å². The Bertz CT molecular complexity index is 182. The van der Waals surface area contributed by atoms with Crippen molar-refractivity contribution in [3.8, 4) is 0 Å². The molecule has 3 N–H and O–H groups in total. The van der Waals surface area contributed by atoms with Crippen LogP contribution >= 0.6 is 0 Å². The average Bonchev–Trinajstić information content (AvgIpc) is 2.08. The third-order valence-electron chi connectivity index (χ3n) is 1.13. The fraction of sp³-hybridized carbons (Fsp3) is 0.714. The maximum Gasteiger partial charge on any atom is 0.202 e. The van der Waals surface area contributed by atoms with Crippen molar-refractivity contribution in [3.63, 3.8) is 0 Å². The van der Waals surface area contributed by atoms with Gasteiger partial charge in [0, 0.05) is 14.1 Å². The first-order valence-corrected chi connectivity index (χ1v) is 3.99. The van der Waals surface area contributed by atoms with Gasteiger partial charge in [-0.2, -0.15) is 0 Å². The molecule has 0 aromatic heterocycles. The number of aliphatic imine (C=N–C) groups is 2. The van der Waals surface area contributed by atoms with Crippen molar-refractivity contribution in [2.24, 2.45) is 15.7 Å². The van der Waals surface area contributed by atoms with Gasteiger partial charge in [-0.15, -0.1) is 0 Å². The number of rotatable bonds is 0. The Balaban J connectivity index is 0.000000561. The highest BCUT2D eigenvalue weighted by Gasteiger charge is 2.05. The summed E-state index contributed by atoms with van der Waals surface area (Å²) in [4.78, 5) is 9.72. The Morgan fingerprint density at radius 1 is 1.33 bits per heavy atom. The van der Waals surface area contributed by atoms with Crippen molar-refractivity contribution in [3.05, 3.63) is 0 Å². The summed E-state index contributed by atoms with van der Waals surface area (Å²) >= 11 is 0. The number of nitrogens with one attached hydrogen (secondary N) is 1. The van der Waals surface area contributed by atoms with Gasteiger partial charge in [0.05, 0.1) is 0 Å². The number of guanidine groups is 2. The van der Waals surface area contributed by atoms with E-state index in [9.17, 15) is 0 Å². The van der Waals surface area contributed by atoms with Crippen molar-refractivity contribution in [2.75, 3.05) is 20.8 Å². The van der Waals surface area contributed by atoms with Gasteiger partial charge in [-0.1, -0.05) is 13.8 Å². The van der Waals surface area contributed by atoms with Crippen LogP contribution in [0.15, 0.2) is 9.98 Å². The van der Waals surface area contributed by atoms with Crippen LogP contribution in [-0.2, 0) is 0 Å². The highest BCUT2D eigenvalue weighted by molar-refractivity contribution is 5.98. The fourth-order valence-corrected chi connectivity index (χ4v) is 0.625. The number of hydrogen-bond acceptors (Lipinski definition) is 5. The smallest absolute Gasteiger partial charge is 0.202 e. The zero-order valence-corrected chi connectivity index (χ0v) is 8.13. The number of nitrogens with two attached hydrogens (primary N) is 1. The summed E-state index contributed by atoms with van der Waals surface area (Å²) in [5.74, 6) is 1.19. The highest BCUT2D eigenvalue weighted by atomic mass is 15.3. The van der Waals surface area contributed by atoms with E-state index in [0.29, 0.717) is 12.6 Å². The minimum Gasteiger partial charge on any atom is -0.370 e. The molecule has 1 heterocycles. The Morgan fingerprint density at radius 2 is 1.92 bits per heavy atom. The minimum atomic E-state index is 0.423. The number of hydrogen-bond donors (Lipinski definition) is 2. The average molecular weight is 171 g/mol. The van der Waals surface area contributed by atoms with E-state index in [1.807, 2.05) is 32.8 Å². The summed E-state index contributed by atoms with van der Waals surface area (Å²) in [7, 11) is 3.79. The second kappa shape index (κ2) is 5.40. The van der Waals surface area contributed by atoms with Gasteiger partial charge in [-0.05, 0) is 0 Å². The lowest BCUT2D eigenvalue weighted by Crippen LogP contribution is -2.46. The second-order valence-electron chi connectivity index (χ2n) is 2.19. The second-order valence-corrected chi connectivity index (χ2v) is 2.19. The predicted octanol–water partition coefficient (Wildman–Crippen LogP) is -0.194. The fourth-order valence-electron chi connectivity index (χ4n) is 0.625. The van der Waals surface area contributed by atoms with Crippen molar-refractivity contribution in [1.82, 2.24) is 10.2 Å². The van der Waals surface area contributed by atoms with Crippen LogP contribution in [0, 0.1) is 0 Å². The van der Waals surface area contributed by atoms with E-state index in [1.165, 1.54) is 0 Å². The molecule has 0 radical (unpaired) electrons. The molecule has 0 atom stereocenters. The van der Waals surface area contributed by atoms with Crippen LogP contribution in [0.5, 0.6) is 0 Å². The largest absolute Gasteiger partial charge is 0.370 e. The van der Waals surface area contributed by atoms with E-state index < -0.39 is 0 Å². The summed E-state index contributed by atoms with van der Waals surface area (Å²) in [6.07, 6.45) is 0. The van der Waals surface area contributed by atoms with Crippen molar-refractivity contribution in [2.45, 2.75) is 13.8 Å². The molecule has 0 saturated heterocycles. The molecule has 70 valence electrons. The van der Waals surface area contributed by atoms with Gasteiger partial charge < -0.3 is 10.6 Å². The Kier molecular flexibility index (Phi) is 4.83.